The van der Waals surface area contributed by atoms with Crippen molar-refractivity contribution in [3.8, 4) is 5.82 Å². The van der Waals surface area contributed by atoms with Crippen molar-refractivity contribution in [2.45, 2.75) is 31.7 Å². The minimum atomic E-state index is 0.658. The van der Waals surface area contributed by atoms with Gasteiger partial charge in [0.15, 0.2) is 11.5 Å². The average Bonchev–Trinajstić information content (AvgIpc) is 3.02. The summed E-state index contributed by atoms with van der Waals surface area (Å²) in [6, 6.07) is 0.780. The maximum Gasteiger partial charge on any atom is 0.182 e. The fourth-order valence-corrected chi connectivity index (χ4v) is 2.42. The van der Waals surface area contributed by atoms with E-state index in [-0.39, 0.29) is 0 Å². The zero-order chi connectivity index (χ0) is 14.1. The molecule has 4 rings (SSSR count). The summed E-state index contributed by atoms with van der Waals surface area (Å²) >= 11 is 0. The molecule has 108 valence electrons. The maximum atomic E-state index is 4.40. The molecule has 0 saturated heterocycles. The molecule has 7 nitrogen and oxygen atoms in total. The number of hydrogen-bond acceptors (Lipinski definition) is 5. The molecule has 0 bridgehead atoms. The van der Waals surface area contributed by atoms with E-state index in [4.69, 9.17) is 0 Å². The van der Waals surface area contributed by atoms with Crippen LogP contribution in [-0.4, -0.2) is 42.3 Å². The van der Waals surface area contributed by atoms with Crippen LogP contribution in [0, 0.1) is 0 Å². The number of aromatic nitrogens is 6. The number of aryl methyl sites for hydroxylation is 1. The summed E-state index contributed by atoms with van der Waals surface area (Å²) in [6.45, 7) is 1.08. The first-order valence-corrected chi connectivity index (χ1v) is 7.31. The van der Waals surface area contributed by atoms with Crippen molar-refractivity contribution in [2.24, 2.45) is 0 Å². The van der Waals surface area contributed by atoms with E-state index in [1.54, 1.807) is 11.0 Å². The second-order valence-electron chi connectivity index (χ2n) is 5.42. The smallest absolute Gasteiger partial charge is 0.182 e. The molecule has 1 fully saturated rings. The topological polar surface area (TPSA) is 84.3 Å². The van der Waals surface area contributed by atoms with Crippen molar-refractivity contribution >= 4 is 11.2 Å². The number of hydrogen-bond donors (Lipinski definition) is 2. The Bertz CT molecular complexity index is 740. The number of aromatic amines is 1. The van der Waals surface area contributed by atoms with Crippen LogP contribution >= 0.6 is 0 Å². The zero-order valence-electron chi connectivity index (χ0n) is 11.7. The molecule has 1 aliphatic rings. The van der Waals surface area contributed by atoms with Crippen LogP contribution in [0.3, 0.4) is 0 Å². The molecule has 0 aliphatic heterocycles. The summed E-state index contributed by atoms with van der Waals surface area (Å²) in [4.78, 5) is 15.6. The molecule has 21 heavy (non-hydrogen) atoms. The Balaban J connectivity index is 1.47. The van der Waals surface area contributed by atoms with Gasteiger partial charge in [-0.1, -0.05) is 0 Å². The predicted molar refractivity (Wildman–Crippen MR) is 78.2 cm³/mol. The highest BCUT2D eigenvalue weighted by atomic mass is 15.3. The van der Waals surface area contributed by atoms with Crippen LogP contribution in [0.5, 0.6) is 0 Å². The second-order valence-corrected chi connectivity index (χ2v) is 5.42. The van der Waals surface area contributed by atoms with Crippen LogP contribution in [0.1, 0.15) is 24.8 Å². The number of rotatable bonds is 6. The Morgan fingerprint density at radius 1 is 1.29 bits per heavy atom. The lowest BCUT2D eigenvalue weighted by Gasteiger charge is -2.01. The van der Waals surface area contributed by atoms with Crippen molar-refractivity contribution in [3.05, 3.63) is 30.6 Å². The van der Waals surface area contributed by atoms with Gasteiger partial charge in [0.2, 0.25) is 0 Å². The molecule has 0 atom stereocenters. The Hall–Kier alpha value is -2.28. The van der Waals surface area contributed by atoms with E-state index in [2.05, 4.69) is 30.4 Å². The second kappa shape index (κ2) is 5.25. The zero-order valence-corrected chi connectivity index (χ0v) is 11.7. The average molecular weight is 283 g/mol. The minimum absolute atomic E-state index is 0.658. The molecule has 0 spiro atoms. The summed E-state index contributed by atoms with van der Waals surface area (Å²) in [6.07, 6.45) is 11.9. The van der Waals surface area contributed by atoms with E-state index >= 15 is 0 Å². The van der Waals surface area contributed by atoms with Crippen LogP contribution in [0.15, 0.2) is 25.0 Å². The van der Waals surface area contributed by atoms with Gasteiger partial charge >= 0.3 is 0 Å². The summed E-state index contributed by atoms with van der Waals surface area (Å²) in [5.41, 5.74) is 2.69. The summed E-state index contributed by atoms with van der Waals surface area (Å²) < 4.78 is 1.78. The van der Waals surface area contributed by atoms with Gasteiger partial charge in [0, 0.05) is 12.2 Å². The first-order valence-electron chi connectivity index (χ1n) is 7.31. The first-order chi connectivity index (χ1) is 10.4. The van der Waals surface area contributed by atoms with E-state index in [9.17, 15) is 0 Å². The molecule has 7 heteroatoms. The van der Waals surface area contributed by atoms with Gasteiger partial charge in [0.25, 0.3) is 0 Å². The Kier molecular flexibility index (Phi) is 3.11. The highest BCUT2D eigenvalue weighted by molar-refractivity contribution is 5.77. The maximum absolute atomic E-state index is 4.40. The molecular formula is C14H17N7. The fourth-order valence-electron chi connectivity index (χ4n) is 2.42. The van der Waals surface area contributed by atoms with Gasteiger partial charge in [-0.3, -0.25) is 0 Å². The van der Waals surface area contributed by atoms with Gasteiger partial charge in [-0.05, 0) is 37.8 Å². The van der Waals surface area contributed by atoms with Crippen LogP contribution < -0.4 is 5.32 Å². The molecule has 3 aromatic rings. The molecule has 2 N–H and O–H groups in total. The lowest BCUT2D eigenvalue weighted by atomic mass is 10.2. The van der Waals surface area contributed by atoms with E-state index in [1.165, 1.54) is 24.7 Å². The quantitative estimate of drug-likeness (QED) is 0.665. The van der Waals surface area contributed by atoms with Crippen LogP contribution in [0.25, 0.3) is 17.0 Å². The number of imidazole rings is 1. The molecule has 0 radical (unpaired) electrons. The standard InChI is InChI=1S/C14H17N7/c1(5-15-11-3-4-11)2-10-6-20-21(7-10)14-12-13(17-8-16-12)18-9-19-14/h6-9,11,15H,1-5H2,(H,16,17,18,19). The molecule has 0 amide bonds. The van der Waals surface area contributed by atoms with Gasteiger partial charge in [0.05, 0.1) is 12.5 Å². The molecule has 1 aliphatic carbocycles. The minimum Gasteiger partial charge on any atom is -0.340 e. The number of nitrogens with one attached hydrogen (secondary N) is 2. The Morgan fingerprint density at radius 3 is 3.14 bits per heavy atom. The third kappa shape index (κ3) is 2.64. The fraction of sp³-hybridized carbons (Fsp3) is 0.429. The van der Waals surface area contributed by atoms with Gasteiger partial charge < -0.3 is 10.3 Å². The summed E-state index contributed by atoms with van der Waals surface area (Å²) in [7, 11) is 0. The molecule has 0 unspecified atom stereocenters. The lowest BCUT2D eigenvalue weighted by Crippen LogP contribution is -2.17. The highest BCUT2D eigenvalue weighted by Crippen LogP contribution is 2.18. The third-order valence-corrected chi connectivity index (χ3v) is 3.71. The Morgan fingerprint density at radius 2 is 2.24 bits per heavy atom. The van der Waals surface area contributed by atoms with Gasteiger partial charge in [-0.25, -0.2) is 19.6 Å². The van der Waals surface area contributed by atoms with Crippen molar-refractivity contribution in [3.63, 3.8) is 0 Å². The number of nitrogens with zero attached hydrogens (tertiary/aromatic N) is 5. The molecule has 3 heterocycles. The predicted octanol–water partition coefficient (Wildman–Crippen LogP) is 1.22. The largest absolute Gasteiger partial charge is 0.340 e. The molecule has 3 aromatic heterocycles. The van der Waals surface area contributed by atoms with E-state index in [1.807, 2.05) is 12.4 Å². The van der Waals surface area contributed by atoms with Crippen molar-refractivity contribution in [1.82, 2.24) is 35.0 Å². The van der Waals surface area contributed by atoms with Crippen LogP contribution in [-0.2, 0) is 6.42 Å². The first kappa shape index (κ1) is 12.5. The Labute approximate surface area is 121 Å². The van der Waals surface area contributed by atoms with E-state index < -0.39 is 0 Å². The van der Waals surface area contributed by atoms with Crippen molar-refractivity contribution < 1.29 is 0 Å². The monoisotopic (exact) mass is 283 g/mol. The van der Waals surface area contributed by atoms with Crippen molar-refractivity contribution in [2.75, 3.05) is 6.54 Å². The molecular weight excluding hydrogens is 266 g/mol. The van der Waals surface area contributed by atoms with E-state index in [0.717, 1.165) is 36.8 Å². The number of fused-ring (bicyclic) bond motifs is 1. The van der Waals surface area contributed by atoms with E-state index in [0.29, 0.717) is 5.65 Å². The van der Waals surface area contributed by atoms with Crippen molar-refractivity contribution in [1.29, 1.82) is 0 Å². The normalized spacial score (nSPS) is 14.9. The molecule has 1 saturated carbocycles. The highest BCUT2D eigenvalue weighted by Gasteiger charge is 2.19. The SMILES string of the molecule is c1nc(-n2cc(CCCNC3CC3)cn2)c2[nH]cnc2n1. The van der Waals surface area contributed by atoms with Gasteiger partial charge in [-0.2, -0.15) is 5.10 Å². The van der Waals surface area contributed by atoms with Crippen LogP contribution in [0.4, 0.5) is 0 Å². The lowest BCUT2D eigenvalue weighted by molar-refractivity contribution is 0.645. The summed E-state index contributed by atoms with van der Waals surface area (Å²) in [5.74, 6) is 0.736. The number of H-pyrrole nitrogens is 1. The van der Waals surface area contributed by atoms with Gasteiger partial charge in [0.1, 0.15) is 11.8 Å². The molecule has 0 aromatic carbocycles. The van der Waals surface area contributed by atoms with Gasteiger partial charge in [-0.15, -0.1) is 0 Å². The third-order valence-electron chi connectivity index (χ3n) is 3.71. The summed E-state index contributed by atoms with van der Waals surface area (Å²) in [5, 5.41) is 7.93. The van der Waals surface area contributed by atoms with Crippen LogP contribution in [0.2, 0.25) is 0 Å².